The van der Waals surface area contributed by atoms with E-state index < -0.39 is 0 Å². The zero-order valence-corrected chi connectivity index (χ0v) is 12.6. The van der Waals surface area contributed by atoms with Crippen molar-refractivity contribution in [2.24, 2.45) is 0 Å². The van der Waals surface area contributed by atoms with E-state index in [-0.39, 0.29) is 6.04 Å². The van der Waals surface area contributed by atoms with Gasteiger partial charge in [-0.25, -0.2) is 0 Å². The highest BCUT2D eigenvalue weighted by Crippen LogP contribution is 2.18. The number of fused-ring (bicyclic) bond motifs is 1. The average Bonchev–Trinajstić information content (AvgIpc) is 2.53. The van der Waals surface area contributed by atoms with E-state index in [1.54, 1.807) is 0 Å². The molecule has 1 N–H and O–H groups in total. The van der Waals surface area contributed by atoms with Crippen LogP contribution >= 0.6 is 11.6 Å². The maximum Gasteiger partial charge on any atom is 0.0702 e. The van der Waals surface area contributed by atoms with Crippen LogP contribution in [0.3, 0.4) is 0 Å². The fourth-order valence-electron chi connectivity index (χ4n) is 2.38. The SMILES string of the molecule is C[C@H](NCc1ccc2ncccc2c1)c1ccc(Cl)cc1. The van der Waals surface area contributed by atoms with E-state index in [4.69, 9.17) is 11.6 Å². The Kier molecular flexibility index (Phi) is 4.18. The first-order valence-electron chi connectivity index (χ1n) is 7.05. The Morgan fingerprint density at radius 3 is 2.71 bits per heavy atom. The van der Waals surface area contributed by atoms with E-state index in [0.717, 1.165) is 17.1 Å². The van der Waals surface area contributed by atoms with Crippen LogP contribution in [0.4, 0.5) is 0 Å². The molecule has 2 nitrogen and oxygen atoms in total. The lowest BCUT2D eigenvalue weighted by Gasteiger charge is -2.14. The lowest BCUT2D eigenvalue weighted by Crippen LogP contribution is -2.17. The minimum atomic E-state index is 0.284. The van der Waals surface area contributed by atoms with E-state index in [2.05, 4.69) is 53.6 Å². The molecule has 21 heavy (non-hydrogen) atoms. The Morgan fingerprint density at radius 2 is 1.90 bits per heavy atom. The fraction of sp³-hybridized carbons (Fsp3) is 0.167. The second-order valence-corrected chi connectivity index (χ2v) is 5.62. The average molecular weight is 297 g/mol. The number of pyridine rings is 1. The summed E-state index contributed by atoms with van der Waals surface area (Å²) in [5.41, 5.74) is 3.53. The maximum atomic E-state index is 5.92. The molecular formula is C18H17ClN2. The van der Waals surface area contributed by atoms with Gasteiger partial charge in [0.2, 0.25) is 0 Å². The molecule has 3 aromatic rings. The molecule has 106 valence electrons. The first kappa shape index (κ1) is 14.1. The maximum absolute atomic E-state index is 5.92. The molecule has 3 heteroatoms. The Bertz CT molecular complexity index is 738. The van der Waals surface area contributed by atoms with Crippen molar-refractivity contribution in [2.75, 3.05) is 0 Å². The molecule has 1 aromatic heterocycles. The van der Waals surface area contributed by atoms with Crippen LogP contribution in [0.1, 0.15) is 24.1 Å². The number of nitrogens with zero attached hydrogens (tertiary/aromatic N) is 1. The number of halogens is 1. The minimum absolute atomic E-state index is 0.284. The molecule has 0 saturated heterocycles. The number of hydrogen-bond acceptors (Lipinski definition) is 2. The molecule has 0 bridgehead atoms. The molecule has 0 aliphatic rings. The minimum Gasteiger partial charge on any atom is -0.306 e. The molecule has 3 rings (SSSR count). The van der Waals surface area contributed by atoms with Crippen molar-refractivity contribution in [3.05, 3.63) is 76.9 Å². The predicted octanol–water partition coefficient (Wildman–Crippen LogP) is 4.74. The van der Waals surface area contributed by atoms with Crippen LogP contribution in [-0.2, 0) is 6.54 Å². The number of nitrogens with one attached hydrogen (secondary N) is 1. The fourth-order valence-corrected chi connectivity index (χ4v) is 2.50. The first-order valence-corrected chi connectivity index (χ1v) is 7.43. The van der Waals surface area contributed by atoms with Gasteiger partial charge in [-0.1, -0.05) is 35.9 Å². The molecule has 0 saturated carbocycles. The van der Waals surface area contributed by atoms with Crippen LogP contribution in [-0.4, -0.2) is 4.98 Å². The van der Waals surface area contributed by atoms with Gasteiger partial charge in [0.05, 0.1) is 5.52 Å². The number of rotatable bonds is 4. The van der Waals surface area contributed by atoms with Gasteiger partial charge in [-0.2, -0.15) is 0 Å². The van der Waals surface area contributed by atoms with Crippen molar-refractivity contribution in [1.82, 2.24) is 10.3 Å². The summed E-state index contributed by atoms with van der Waals surface area (Å²) >= 11 is 5.92. The van der Waals surface area contributed by atoms with Gasteiger partial charge in [0.15, 0.2) is 0 Å². The smallest absolute Gasteiger partial charge is 0.0702 e. The second kappa shape index (κ2) is 6.25. The molecule has 0 radical (unpaired) electrons. The van der Waals surface area contributed by atoms with Gasteiger partial charge >= 0.3 is 0 Å². The number of hydrogen-bond donors (Lipinski definition) is 1. The van der Waals surface area contributed by atoms with Crippen molar-refractivity contribution >= 4 is 22.5 Å². The Balaban J connectivity index is 1.69. The van der Waals surface area contributed by atoms with E-state index >= 15 is 0 Å². The zero-order valence-electron chi connectivity index (χ0n) is 11.9. The molecule has 1 heterocycles. The molecule has 1 atom stereocenters. The lowest BCUT2D eigenvalue weighted by molar-refractivity contribution is 0.575. The van der Waals surface area contributed by atoms with Gasteiger partial charge in [0.1, 0.15) is 0 Å². The highest BCUT2D eigenvalue weighted by molar-refractivity contribution is 6.30. The van der Waals surface area contributed by atoms with Gasteiger partial charge < -0.3 is 5.32 Å². The molecule has 0 unspecified atom stereocenters. The molecule has 0 amide bonds. The topological polar surface area (TPSA) is 24.9 Å². The summed E-state index contributed by atoms with van der Waals surface area (Å²) in [5, 5.41) is 5.48. The van der Waals surface area contributed by atoms with Crippen LogP contribution in [0, 0.1) is 0 Å². The van der Waals surface area contributed by atoms with Crippen molar-refractivity contribution in [3.63, 3.8) is 0 Å². The van der Waals surface area contributed by atoms with Gasteiger partial charge in [-0.15, -0.1) is 0 Å². The Hall–Kier alpha value is -1.90. The molecule has 0 aliphatic carbocycles. The van der Waals surface area contributed by atoms with Crippen molar-refractivity contribution in [1.29, 1.82) is 0 Å². The van der Waals surface area contributed by atoms with E-state index in [9.17, 15) is 0 Å². The number of aromatic nitrogens is 1. The molecule has 0 spiro atoms. The number of benzene rings is 2. The monoisotopic (exact) mass is 296 g/mol. The van der Waals surface area contributed by atoms with Crippen LogP contribution in [0.25, 0.3) is 10.9 Å². The molecule has 0 fully saturated rings. The third-order valence-corrected chi connectivity index (χ3v) is 3.90. The Labute approximate surface area is 129 Å². The van der Waals surface area contributed by atoms with Crippen LogP contribution in [0.5, 0.6) is 0 Å². The lowest BCUT2D eigenvalue weighted by atomic mass is 10.1. The second-order valence-electron chi connectivity index (χ2n) is 5.18. The van der Waals surface area contributed by atoms with E-state index in [0.29, 0.717) is 0 Å². The van der Waals surface area contributed by atoms with Gasteiger partial charge in [0.25, 0.3) is 0 Å². The normalized spacial score (nSPS) is 12.5. The molecular weight excluding hydrogens is 280 g/mol. The van der Waals surface area contributed by atoms with Gasteiger partial charge in [-0.3, -0.25) is 4.98 Å². The van der Waals surface area contributed by atoms with Crippen LogP contribution in [0.15, 0.2) is 60.8 Å². The van der Waals surface area contributed by atoms with E-state index in [1.165, 1.54) is 16.5 Å². The van der Waals surface area contributed by atoms with Gasteiger partial charge in [-0.05, 0) is 48.4 Å². The van der Waals surface area contributed by atoms with Crippen LogP contribution in [0.2, 0.25) is 5.02 Å². The van der Waals surface area contributed by atoms with Crippen molar-refractivity contribution < 1.29 is 0 Å². The summed E-state index contributed by atoms with van der Waals surface area (Å²) < 4.78 is 0. The third-order valence-electron chi connectivity index (χ3n) is 3.65. The Morgan fingerprint density at radius 1 is 1.10 bits per heavy atom. The summed E-state index contributed by atoms with van der Waals surface area (Å²) in [4.78, 5) is 4.34. The summed E-state index contributed by atoms with van der Waals surface area (Å²) in [7, 11) is 0. The molecule has 2 aromatic carbocycles. The van der Waals surface area contributed by atoms with Crippen molar-refractivity contribution in [3.8, 4) is 0 Å². The summed E-state index contributed by atoms with van der Waals surface area (Å²) in [6.45, 7) is 2.99. The largest absolute Gasteiger partial charge is 0.306 e. The van der Waals surface area contributed by atoms with Crippen molar-refractivity contribution in [2.45, 2.75) is 19.5 Å². The predicted molar refractivity (Wildman–Crippen MR) is 88.4 cm³/mol. The third kappa shape index (κ3) is 3.41. The highest BCUT2D eigenvalue weighted by atomic mass is 35.5. The standard InChI is InChI=1S/C18H17ClN2/c1-13(15-5-7-17(19)8-6-15)21-12-14-4-9-18-16(11-14)3-2-10-20-18/h2-11,13,21H,12H2,1H3/t13-/m0/s1. The molecule has 0 aliphatic heterocycles. The summed E-state index contributed by atoms with van der Waals surface area (Å²) in [5.74, 6) is 0. The highest BCUT2D eigenvalue weighted by Gasteiger charge is 2.05. The summed E-state index contributed by atoms with van der Waals surface area (Å²) in [6, 6.07) is 18.7. The van der Waals surface area contributed by atoms with E-state index in [1.807, 2.05) is 24.4 Å². The first-order chi connectivity index (χ1) is 10.2. The summed E-state index contributed by atoms with van der Waals surface area (Å²) in [6.07, 6.45) is 1.82. The van der Waals surface area contributed by atoms with Gasteiger partial charge in [0, 0.05) is 29.2 Å². The quantitative estimate of drug-likeness (QED) is 0.752. The van der Waals surface area contributed by atoms with Crippen LogP contribution < -0.4 is 5.32 Å². The zero-order chi connectivity index (χ0) is 14.7.